The molecule has 0 aliphatic carbocycles. The minimum Gasteiger partial charge on any atom is -0.487 e. The molecular formula is C15H19NO5S. The summed E-state index contributed by atoms with van der Waals surface area (Å²) in [4.78, 5) is 12.3. The van der Waals surface area contributed by atoms with Crippen LogP contribution in [0.3, 0.4) is 0 Å². The van der Waals surface area contributed by atoms with E-state index in [1.165, 1.54) is 0 Å². The van der Waals surface area contributed by atoms with Gasteiger partial charge in [0.05, 0.1) is 23.7 Å². The summed E-state index contributed by atoms with van der Waals surface area (Å²) in [5.41, 5.74) is 1.11. The molecule has 1 aromatic rings. The number of fused-ring (bicyclic) bond motifs is 1. The van der Waals surface area contributed by atoms with Crippen molar-refractivity contribution in [1.82, 2.24) is 5.32 Å². The molecule has 3 rings (SSSR count). The van der Waals surface area contributed by atoms with E-state index in [1.54, 1.807) is 18.2 Å². The number of sulfone groups is 1. The largest absolute Gasteiger partial charge is 0.487 e. The first kappa shape index (κ1) is 15.3. The van der Waals surface area contributed by atoms with Crippen molar-refractivity contribution in [3.05, 3.63) is 29.3 Å². The van der Waals surface area contributed by atoms with E-state index in [9.17, 15) is 18.3 Å². The number of carbonyl (C=O) groups is 1. The van der Waals surface area contributed by atoms with E-state index in [1.807, 2.05) is 13.8 Å². The maximum Gasteiger partial charge on any atom is 0.251 e. The van der Waals surface area contributed by atoms with Gasteiger partial charge in [-0.05, 0) is 37.6 Å². The normalized spacial score (nSPS) is 28.0. The predicted octanol–water partition coefficient (Wildman–Crippen LogP) is 0.288. The van der Waals surface area contributed by atoms with Crippen LogP contribution in [0.15, 0.2) is 18.2 Å². The van der Waals surface area contributed by atoms with Crippen molar-refractivity contribution < 1.29 is 23.1 Å². The third-order valence-electron chi connectivity index (χ3n) is 3.96. The Balaban J connectivity index is 1.75. The molecule has 22 heavy (non-hydrogen) atoms. The molecule has 0 spiro atoms. The molecule has 0 unspecified atom stereocenters. The fourth-order valence-electron chi connectivity index (χ4n) is 2.97. The molecule has 1 saturated heterocycles. The van der Waals surface area contributed by atoms with E-state index in [0.717, 1.165) is 11.3 Å². The number of rotatable bonds is 2. The summed E-state index contributed by atoms with van der Waals surface area (Å²) in [6.07, 6.45) is -0.338. The van der Waals surface area contributed by atoms with Crippen LogP contribution in [0.5, 0.6) is 5.75 Å². The van der Waals surface area contributed by atoms with E-state index in [2.05, 4.69) is 5.32 Å². The van der Waals surface area contributed by atoms with Crippen LogP contribution >= 0.6 is 0 Å². The first-order chi connectivity index (χ1) is 10.2. The zero-order valence-electron chi connectivity index (χ0n) is 12.5. The Morgan fingerprint density at radius 3 is 2.73 bits per heavy atom. The first-order valence-corrected chi connectivity index (χ1v) is 8.99. The molecule has 7 heteroatoms. The van der Waals surface area contributed by atoms with Gasteiger partial charge in [-0.2, -0.15) is 0 Å². The first-order valence-electron chi connectivity index (χ1n) is 7.16. The summed E-state index contributed by atoms with van der Waals surface area (Å²) < 4.78 is 28.7. The van der Waals surface area contributed by atoms with E-state index < -0.39 is 22.0 Å². The summed E-state index contributed by atoms with van der Waals surface area (Å²) in [7, 11) is -3.28. The summed E-state index contributed by atoms with van der Waals surface area (Å²) in [5, 5.41) is 12.3. The standard InChI is InChI=1S/C15H19NO5S/c1-15(2)6-10-5-9(3-4-13(10)21-15)14(18)16-11-7-22(19,20)8-12(11)17/h3-5,11-12,17H,6-8H2,1-2H3,(H,16,18)/t11-,12-/m1/s1. The molecule has 1 aromatic carbocycles. The lowest BCUT2D eigenvalue weighted by Crippen LogP contribution is -2.42. The molecule has 2 aliphatic heterocycles. The van der Waals surface area contributed by atoms with Crippen molar-refractivity contribution >= 4 is 15.7 Å². The monoisotopic (exact) mass is 325 g/mol. The van der Waals surface area contributed by atoms with Gasteiger partial charge >= 0.3 is 0 Å². The SMILES string of the molecule is CC1(C)Cc2cc(C(=O)N[C@@H]3CS(=O)(=O)C[C@H]3O)ccc2O1. The third-order valence-corrected chi connectivity index (χ3v) is 5.68. The average Bonchev–Trinajstić information content (AvgIpc) is 2.82. The molecule has 0 saturated carbocycles. The number of nitrogens with one attached hydrogen (secondary N) is 1. The van der Waals surface area contributed by atoms with Crippen LogP contribution in [-0.4, -0.2) is 48.7 Å². The Bertz CT molecular complexity index is 725. The Labute approximate surface area is 129 Å². The second-order valence-electron chi connectivity index (χ2n) is 6.59. The van der Waals surface area contributed by atoms with Gasteiger partial charge in [-0.25, -0.2) is 8.42 Å². The molecule has 1 amide bonds. The van der Waals surface area contributed by atoms with Gasteiger partial charge in [-0.3, -0.25) is 4.79 Å². The molecule has 6 nitrogen and oxygen atoms in total. The summed E-state index contributed by atoms with van der Waals surface area (Å²) in [5.74, 6) is -0.135. The molecule has 2 N–H and O–H groups in total. The van der Waals surface area contributed by atoms with Gasteiger partial charge in [-0.1, -0.05) is 0 Å². The molecule has 2 atom stereocenters. The molecule has 2 heterocycles. The minimum atomic E-state index is -3.28. The number of benzene rings is 1. The molecule has 120 valence electrons. The van der Waals surface area contributed by atoms with Gasteiger partial charge < -0.3 is 15.2 Å². The number of hydrogen-bond donors (Lipinski definition) is 2. The van der Waals surface area contributed by atoms with Crippen LogP contribution in [0, 0.1) is 0 Å². The van der Waals surface area contributed by atoms with Gasteiger partial charge in [0, 0.05) is 12.0 Å². The van der Waals surface area contributed by atoms with Crippen molar-refractivity contribution in [1.29, 1.82) is 0 Å². The lowest BCUT2D eigenvalue weighted by molar-refractivity contribution is 0.0888. The van der Waals surface area contributed by atoms with Crippen LogP contribution in [0.1, 0.15) is 29.8 Å². The molecule has 0 bridgehead atoms. The number of amides is 1. The fraction of sp³-hybridized carbons (Fsp3) is 0.533. The minimum absolute atomic E-state index is 0.221. The van der Waals surface area contributed by atoms with Crippen LogP contribution in [0.25, 0.3) is 0 Å². The van der Waals surface area contributed by atoms with E-state index in [-0.39, 0.29) is 23.0 Å². The van der Waals surface area contributed by atoms with Gasteiger partial charge in [0.25, 0.3) is 5.91 Å². The van der Waals surface area contributed by atoms with Crippen molar-refractivity contribution in [3.63, 3.8) is 0 Å². The summed E-state index contributed by atoms with van der Waals surface area (Å²) >= 11 is 0. The van der Waals surface area contributed by atoms with Crippen molar-refractivity contribution in [2.45, 2.75) is 38.0 Å². The molecule has 2 aliphatic rings. The highest BCUT2D eigenvalue weighted by Crippen LogP contribution is 2.35. The van der Waals surface area contributed by atoms with E-state index in [4.69, 9.17) is 4.74 Å². The fourth-order valence-corrected chi connectivity index (χ4v) is 4.71. The Hall–Kier alpha value is -1.60. The van der Waals surface area contributed by atoms with Crippen LogP contribution < -0.4 is 10.1 Å². The van der Waals surface area contributed by atoms with E-state index in [0.29, 0.717) is 12.0 Å². The van der Waals surface area contributed by atoms with Gasteiger partial charge in [0.2, 0.25) is 0 Å². The Morgan fingerprint density at radius 1 is 1.36 bits per heavy atom. The second kappa shape index (κ2) is 4.96. The maximum atomic E-state index is 12.3. The summed E-state index contributed by atoms with van der Waals surface area (Å²) in [6.45, 7) is 3.96. The van der Waals surface area contributed by atoms with Crippen LogP contribution in [-0.2, 0) is 16.3 Å². The van der Waals surface area contributed by atoms with Crippen LogP contribution in [0.4, 0.5) is 0 Å². The number of carbonyl (C=O) groups excluding carboxylic acids is 1. The zero-order chi connectivity index (χ0) is 16.1. The number of hydrogen-bond acceptors (Lipinski definition) is 5. The predicted molar refractivity (Wildman–Crippen MR) is 80.8 cm³/mol. The van der Waals surface area contributed by atoms with Gasteiger partial charge in [-0.15, -0.1) is 0 Å². The Morgan fingerprint density at radius 2 is 2.09 bits per heavy atom. The lowest BCUT2D eigenvalue weighted by atomic mass is 10.00. The number of aliphatic hydroxyl groups is 1. The molecular weight excluding hydrogens is 306 g/mol. The van der Waals surface area contributed by atoms with Crippen molar-refractivity contribution in [2.24, 2.45) is 0 Å². The van der Waals surface area contributed by atoms with Gasteiger partial charge in [0.15, 0.2) is 9.84 Å². The van der Waals surface area contributed by atoms with Crippen molar-refractivity contribution in [3.8, 4) is 5.75 Å². The average molecular weight is 325 g/mol. The smallest absolute Gasteiger partial charge is 0.251 e. The van der Waals surface area contributed by atoms with E-state index >= 15 is 0 Å². The highest BCUT2D eigenvalue weighted by atomic mass is 32.2. The molecule has 0 radical (unpaired) electrons. The quantitative estimate of drug-likeness (QED) is 0.815. The Kier molecular flexibility index (Phi) is 3.45. The highest BCUT2D eigenvalue weighted by Gasteiger charge is 2.37. The maximum absolute atomic E-state index is 12.3. The van der Waals surface area contributed by atoms with Crippen molar-refractivity contribution in [2.75, 3.05) is 11.5 Å². The lowest BCUT2D eigenvalue weighted by Gasteiger charge is -2.16. The van der Waals surface area contributed by atoms with Gasteiger partial charge in [0.1, 0.15) is 11.4 Å². The zero-order valence-corrected chi connectivity index (χ0v) is 13.3. The number of ether oxygens (including phenoxy) is 1. The topological polar surface area (TPSA) is 92.7 Å². The molecule has 1 fully saturated rings. The number of aliphatic hydroxyl groups excluding tert-OH is 1. The summed E-state index contributed by atoms with van der Waals surface area (Å²) in [6, 6.07) is 4.40. The highest BCUT2D eigenvalue weighted by molar-refractivity contribution is 7.91. The van der Waals surface area contributed by atoms with Crippen LogP contribution in [0.2, 0.25) is 0 Å². The second-order valence-corrected chi connectivity index (χ2v) is 8.74. The molecule has 0 aromatic heterocycles. The third kappa shape index (κ3) is 2.96.